The number of aromatic nitrogens is 2. The molecule has 26 heavy (non-hydrogen) atoms. The molecule has 0 aliphatic carbocycles. The first kappa shape index (κ1) is 17.6. The van der Waals surface area contributed by atoms with Crippen LogP contribution >= 0.6 is 0 Å². The molecule has 9 heteroatoms. The number of benzene rings is 2. The molecule has 0 amide bonds. The summed E-state index contributed by atoms with van der Waals surface area (Å²) in [6.45, 7) is 2.52. The molecule has 0 bridgehead atoms. The van der Waals surface area contributed by atoms with E-state index < -0.39 is 14.9 Å². The van der Waals surface area contributed by atoms with Crippen molar-refractivity contribution in [2.24, 2.45) is 0 Å². The Balaban J connectivity index is 1.75. The highest BCUT2D eigenvalue weighted by atomic mass is 32.2. The summed E-state index contributed by atoms with van der Waals surface area (Å²) < 4.78 is 28.8. The lowest BCUT2D eigenvalue weighted by Gasteiger charge is -2.07. The Bertz CT molecular complexity index is 1040. The van der Waals surface area contributed by atoms with Crippen molar-refractivity contribution in [2.45, 2.75) is 18.4 Å². The molecule has 0 saturated carbocycles. The van der Waals surface area contributed by atoms with Crippen LogP contribution in [0.2, 0.25) is 0 Å². The maximum absolute atomic E-state index is 12.4. The Morgan fingerprint density at radius 3 is 2.46 bits per heavy atom. The molecule has 0 radical (unpaired) electrons. The molecule has 8 nitrogen and oxygen atoms in total. The minimum absolute atomic E-state index is 0.0726. The molecule has 0 atom stereocenters. The van der Waals surface area contributed by atoms with Gasteiger partial charge in [-0.3, -0.25) is 19.5 Å². The topological polar surface area (TPSA) is 107 Å². The van der Waals surface area contributed by atoms with Gasteiger partial charge in [0.15, 0.2) is 5.82 Å². The standard InChI is InChI=1S/C17H16N4O4S/c1-13-4-2-3-5-14(13)12-20-11-10-17(18-20)19-26(24,25)16-8-6-15(7-9-16)21(22)23/h2-11H,12H2,1H3,(H,18,19). The van der Waals surface area contributed by atoms with Gasteiger partial charge < -0.3 is 0 Å². The van der Waals surface area contributed by atoms with E-state index in [-0.39, 0.29) is 16.4 Å². The number of hydrogen-bond donors (Lipinski definition) is 1. The van der Waals surface area contributed by atoms with Gasteiger partial charge in [0.2, 0.25) is 0 Å². The van der Waals surface area contributed by atoms with Crippen LogP contribution in [0, 0.1) is 17.0 Å². The average molecular weight is 372 g/mol. The first-order valence-corrected chi connectivity index (χ1v) is 9.19. The van der Waals surface area contributed by atoms with Crippen LogP contribution in [-0.4, -0.2) is 23.1 Å². The number of sulfonamides is 1. The fourth-order valence-electron chi connectivity index (χ4n) is 2.41. The van der Waals surface area contributed by atoms with Crippen molar-refractivity contribution in [3.05, 3.63) is 82.0 Å². The number of nitrogens with zero attached hydrogens (tertiary/aromatic N) is 3. The second-order valence-corrected chi connectivity index (χ2v) is 7.36. The third kappa shape index (κ3) is 3.89. The van der Waals surface area contributed by atoms with Crippen molar-refractivity contribution in [2.75, 3.05) is 4.72 Å². The van der Waals surface area contributed by atoms with E-state index in [2.05, 4.69) is 9.82 Å². The SMILES string of the molecule is Cc1ccccc1Cn1ccc(NS(=O)(=O)c2ccc([N+](=O)[O-])cc2)n1. The molecule has 0 aliphatic rings. The molecular weight excluding hydrogens is 356 g/mol. The first-order valence-electron chi connectivity index (χ1n) is 7.70. The average Bonchev–Trinajstić information content (AvgIpc) is 3.03. The van der Waals surface area contributed by atoms with Crippen LogP contribution in [0.5, 0.6) is 0 Å². The van der Waals surface area contributed by atoms with Crippen molar-refractivity contribution >= 4 is 21.5 Å². The van der Waals surface area contributed by atoms with Gasteiger partial charge in [-0.05, 0) is 30.2 Å². The highest BCUT2D eigenvalue weighted by Gasteiger charge is 2.17. The zero-order valence-electron chi connectivity index (χ0n) is 13.9. The van der Waals surface area contributed by atoms with E-state index in [0.717, 1.165) is 23.3 Å². The van der Waals surface area contributed by atoms with Crippen molar-refractivity contribution in [3.8, 4) is 0 Å². The van der Waals surface area contributed by atoms with E-state index in [0.29, 0.717) is 6.54 Å². The number of nitrogens with one attached hydrogen (secondary N) is 1. The number of anilines is 1. The Kier molecular flexibility index (Phi) is 4.72. The molecule has 0 unspecified atom stereocenters. The van der Waals surface area contributed by atoms with Gasteiger partial charge in [0, 0.05) is 24.4 Å². The summed E-state index contributed by atoms with van der Waals surface area (Å²) in [4.78, 5) is 10.00. The van der Waals surface area contributed by atoms with Crippen molar-refractivity contribution in [1.82, 2.24) is 9.78 Å². The maximum atomic E-state index is 12.4. The van der Waals surface area contributed by atoms with Crippen molar-refractivity contribution < 1.29 is 13.3 Å². The summed E-state index contributed by atoms with van der Waals surface area (Å²) in [5, 5.41) is 14.9. The van der Waals surface area contributed by atoms with Gasteiger partial charge in [-0.1, -0.05) is 24.3 Å². The van der Waals surface area contributed by atoms with Crippen molar-refractivity contribution in [3.63, 3.8) is 0 Å². The van der Waals surface area contributed by atoms with Gasteiger partial charge >= 0.3 is 0 Å². The zero-order valence-corrected chi connectivity index (χ0v) is 14.7. The Labute approximate surface area is 150 Å². The van der Waals surface area contributed by atoms with Crippen LogP contribution in [0.4, 0.5) is 11.5 Å². The highest BCUT2D eigenvalue weighted by Crippen LogP contribution is 2.18. The van der Waals surface area contributed by atoms with Crippen LogP contribution in [0.15, 0.2) is 65.7 Å². The number of hydrogen-bond acceptors (Lipinski definition) is 5. The Hall–Kier alpha value is -3.20. The summed E-state index contributed by atoms with van der Waals surface area (Å²) in [6, 6.07) is 14.1. The van der Waals surface area contributed by atoms with E-state index >= 15 is 0 Å². The largest absolute Gasteiger partial charge is 0.269 e. The normalized spacial score (nSPS) is 11.3. The van der Waals surface area contributed by atoms with Gasteiger partial charge in [-0.2, -0.15) is 5.10 Å². The van der Waals surface area contributed by atoms with Crippen LogP contribution in [-0.2, 0) is 16.6 Å². The number of non-ortho nitro benzene ring substituents is 1. The summed E-state index contributed by atoms with van der Waals surface area (Å²) in [6.07, 6.45) is 1.68. The smallest absolute Gasteiger partial charge is 0.266 e. The van der Waals surface area contributed by atoms with E-state index in [1.165, 1.54) is 12.1 Å². The Morgan fingerprint density at radius 2 is 1.81 bits per heavy atom. The van der Waals surface area contributed by atoms with E-state index in [4.69, 9.17) is 0 Å². The summed E-state index contributed by atoms with van der Waals surface area (Å²) in [7, 11) is -3.87. The summed E-state index contributed by atoms with van der Waals surface area (Å²) in [5.74, 6) is 0.178. The second-order valence-electron chi connectivity index (χ2n) is 5.68. The molecule has 2 aromatic carbocycles. The van der Waals surface area contributed by atoms with Crippen LogP contribution in [0.3, 0.4) is 0 Å². The predicted molar refractivity (Wildman–Crippen MR) is 96.4 cm³/mol. The maximum Gasteiger partial charge on any atom is 0.269 e. The number of rotatable bonds is 6. The number of aryl methyl sites for hydroxylation is 1. The van der Waals surface area contributed by atoms with Crippen LogP contribution in [0.25, 0.3) is 0 Å². The lowest BCUT2D eigenvalue weighted by molar-refractivity contribution is -0.384. The molecule has 0 saturated heterocycles. The highest BCUT2D eigenvalue weighted by molar-refractivity contribution is 7.92. The second kappa shape index (κ2) is 6.96. The Morgan fingerprint density at radius 1 is 1.12 bits per heavy atom. The monoisotopic (exact) mass is 372 g/mol. The number of nitro groups is 1. The third-order valence-electron chi connectivity index (χ3n) is 3.83. The van der Waals surface area contributed by atoms with Gasteiger partial charge in [0.05, 0.1) is 16.4 Å². The van der Waals surface area contributed by atoms with E-state index in [1.54, 1.807) is 16.9 Å². The fourth-order valence-corrected chi connectivity index (χ4v) is 3.41. The lowest BCUT2D eigenvalue weighted by atomic mass is 10.1. The van der Waals surface area contributed by atoms with Gasteiger partial charge in [-0.15, -0.1) is 0 Å². The molecule has 3 rings (SSSR count). The molecule has 0 aliphatic heterocycles. The molecule has 1 N–H and O–H groups in total. The van der Waals surface area contributed by atoms with E-state index in [1.807, 2.05) is 31.2 Å². The molecule has 1 heterocycles. The minimum atomic E-state index is -3.87. The third-order valence-corrected chi connectivity index (χ3v) is 5.20. The number of nitro benzene ring substituents is 1. The molecule has 3 aromatic rings. The van der Waals surface area contributed by atoms with E-state index in [9.17, 15) is 18.5 Å². The predicted octanol–water partition coefficient (Wildman–Crippen LogP) is 2.95. The fraction of sp³-hybridized carbons (Fsp3) is 0.118. The van der Waals surface area contributed by atoms with Crippen LogP contribution in [0.1, 0.15) is 11.1 Å². The molecule has 0 spiro atoms. The van der Waals surface area contributed by atoms with Gasteiger partial charge in [-0.25, -0.2) is 8.42 Å². The van der Waals surface area contributed by atoms with Crippen molar-refractivity contribution in [1.29, 1.82) is 0 Å². The zero-order chi connectivity index (χ0) is 18.7. The summed E-state index contributed by atoms with van der Waals surface area (Å²) in [5.41, 5.74) is 2.03. The van der Waals surface area contributed by atoms with Gasteiger partial charge in [0.1, 0.15) is 0 Å². The molecule has 1 aromatic heterocycles. The molecule has 0 fully saturated rings. The lowest BCUT2D eigenvalue weighted by Crippen LogP contribution is -2.14. The first-order chi connectivity index (χ1) is 12.3. The minimum Gasteiger partial charge on any atom is -0.266 e. The quantitative estimate of drug-likeness (QED) is 0.529. The molecule has 134 valence electrons. The molecular formula is C17H16N4O4S. The van der Waals surface area contributed by atoms with Gasteiger partial charge in [0.25, 0.3) is 15.7 Å². The van der Waals surface area contributed by atoms with Crippen LogP contribution < -0.4 is 4.72 Å². The summed E-state index contributed by atoms with van der Waals surface area (Å²) >= 11 is 0.